The van der Waals surface area contributed by atoms with Crippen molar-refractivity contribution in [1.82, 2.24) is 15.4 Å². The fourth-order valence-corrected chi connectivity index (χ4v) is 2.31. The molecule has 2 aromatic carbocycles. The zero-order chi connectivity index (χ0) is 17.9. The minimum Gasteiger partial charge on any atom is -0.247 e. The Morgan fingerprint density at radius 3 is 2.40 bits per heavy atom. The summed E-state index contributed by atoms with van der Waals surface area (Å²) < 4.78 is 39.6. The zero-order valence-corrected chi connectivity index (χ0v) is 12.7. The highest BCUT2D eigenvalue weighted by Crippen LogP contribution is 2.34. The van der Waals surface area contributed by atoms with Crippen molar-refractivity contribution in [3.63, 3.8) is 0 Å². The van der Waals surface area contributed by atoms with E-state index in [-0.39, 0.29) is 17.0 Å². The van der Waals surface area contributed by atoms with Gasteiger partial charge in [-0.25, -0.2) is 5.10 Å². The van der Waals surface area contributed by atoms with Crippen LogP contribution in [-0.2, 0) is 6.18 Å². The predicted molar refractivity (Wildman–Crippen MR) is 86.9 cm³/mol. The van der Waals surface area contributed by atoms with E-state index in [1.54, 1.807) is 12.2 Å². The summed E-state index contributed by atoms with van der Waals surface area (Å²) in [6, 6.07) is 14.6. The van der Waals surface area contributed by atoms with Gasteiger partial charge in [0, 0.05) is 5.56 Å². The van der Waals surface area contributed by atoms with Crippen LogP contribution in [-0.4, -0.2) is 15.4 Å². The van der Waals surface area contributed by atoms with Gasteiger partial charge in [-0.2, -0.15) is 18.4 Å². The van der Waals surface area contributed by atoms with Gasteiger partial charge in [-0.3, -0.25) is 0 Å². The number of rotatable bonds is 3. The fourth-order valence-electron chi connectivity index (χ4n) is 2.31. The highest BCUT2D eigenvalue weighted by molar-refractivity contribution is 5.74. The maximum Gasteiger partial charge on any atom is 0.416 e. The summed E-state index contributed by atoms with van der Waals surface area (Å²) in [7, 11) is 0. The Balaban J connectivity index is 2.08. The first-order chi connectivity index (χ1) is 12.0. The van der Waals surface area contributed by atoms with Gasteiger partial charge in [-0.05, 0) is 29.3 Å². The molecule has 0 radical (unpaired) electrons. The SMILES string of the molecule is N#Cc1[nH]nnc1-c1cc(/C=C/c2ccccc2)cc(C(F)(F)F)c1. The van der Waals surface area contributed by atoms with Crippen molar-refractivity contribution < 1.29 is 13.2 Å². The van der Waals surface area contributed by atoms with Crippen molar-refractivity contribution in [3.8, 4) is 17.3 Å². The monoisotopic (exact) mass is 340 g/mol. The van der Waals surface area contributed by atoms with Gasteiger partial charge in [0.05, 0.1) is 5.56 Å². The molecule has 7 heteroatoms. The standard InChI is InChI=1S/C18H11F3N4/c19-18(20,21)15-9-13(7-6-12-4-2-1-3-5-12)8-14(10-15)17-16(11-22)23-25-24-17/h1-10H,(H,23,24,25)/b7-6+. The summed E-state index contributed by atoms with van der Waals surface area (Å²) in [6.07, 6.45) is -1.21. The van der Waals surface area contributed by atoms with Crippen LogP contribution < -0.4 is 0 Å². The second-order valence-corrected chi connectivity index (χ2v) is 5.23. The molecular weight excluding hydrogens is 329 g/mol. The van der Waals surface area contributed by atoms with Gasteiger partial charge in [0.1, 0.15) is 11.8 Å². The third-order valence-corrected chi connectivity index (χ3v) is 3.48. The lowest BCUT2D eigenvalue weighted by Gasteiger charge is -2.10. The molecular formula is C18H11F3N4. The molecule has 0 spiro atoms. The van der Waals surface area contributed by atoms with Crippen LogP contribution in [0.1, 0.15) is 22.4 Å². The molecule has 0 atom stereocenters. The first-order valence-electron chi connectivity index (χ1n) is 7.24. The van der Waals surface area contributed by atoms with E-state index in [1.165, 1.54) is 6.07 Å². The van der Waals surface area contributed by atoms with E-state index < -0.39 is 11.7 Å². The van der Waals surface area contributed by atoms with Crippen LogP contribution >= 0.6 is 0 Å². The number of H-pyrrole nitrogens is 1. The van der Waals surface area contributed by atoms with Crippen molar-refractivity contribution in [2.75, 3.05) is 0 Å². The van der Waals surface area contributed by atoms with Crippen LogP contribution in [0.4, 0.5) is 13.2 Å². The first-order valence-corrected chi connectivity index (χ1v) is 7.24. The minimum atomic E-state index is -4.51. The Morgan fingerprint density at radius 2 is 1.72 bits per heavy atom. The molecule has 3 aromatic rings. The molecule has 0 fully saturated rings. The van der Waals surface area contributed by atoms with Crippen molar-refractivity contribution in [2.24, 2.45) is 0 Å². The molecule has 25 heavy (non-hydrogen) atoms. The largest absolute Gasteiger partial charge is 0.416 e. The Hall–Kier alpha value is -3.40. The molecule has 4 nitrogen and oxygen atoms in total. The summed E-state index contributed by atoms with van der Waals surface area (Å²) in [5.74, 6) is 0. The number of halogens is 3. The van der Waals surface area contributed by atoms with Gasteiger partial charge in [0.15, 0.2) is 5.69 Å². The van der Waals surface area contributed by atoms with Gasteiger partial charge in [0.2, 0.25) is 0 Å². The fraction of sp³-hybridized carbons (Fsp3) is 0.0556. The molecule has 1 heterocycles. The van der Waals surface area contributed by atoms with E-state index in [4.69, 9.17) is 5.26 Å². The predicted octanol–water partition coefficient (Wildman–Crippen LogP) is 4.53. The molecule has 0 aliphatic carbocycles. The molecule has 0 aliphatic rings. The van der Waals surface area contributed by atoms with Crippen LogP contribution in [0.5, 0.6) is 0 Å². The third kappa shape index (κ3) is 3.75. The number of nitrogens with one attached hydrogen (secondary N) is 1. The van der Waals surface area contributed by atoms with Crippen molar-refractivity contribution >= 4 is 12.2 Å². The van der Waals surface area contributed by atoms with Crippen molar-refractivity contribution in [3.05, 3.63) is 70.9 Å². The maximum atomic E-state index is 13.2. The lowest BCUT2D eigenvalue weighted by Crippen LogP contribution is -2.05. The summed E-state index contributed by atoms with van der Waals surface area (Å²) in [4.78, 5) is 0. The highest BCUT2D eigenvalue weighted by Gasteiger charge is 2.31. The lowest BCUT2D eigenvalue weighted by atomic mass is 10.0. The van der Waals surface area contributed by atoms with Crippen LogP contribution in [0.25, 0.3) is 23.4 Å². The van der Waals surface area contributed by atoms with Crippen molar-refractivity contribution in [2.45, 2.75) is 6.18 Å². The van der Waals surface area contributed by atoms with E-state index in [0.29, 0.717) is 5.56 Å². The summed E-state index contributed by atoms with van der Waals surface area (Å²) in [6.45, 7) is 0. The van der Waals surface area contributed by atoms with Gasteiger partial charge in [-0.1, -0.05) is 47.7 Å². The smallest absolute Gasteiger partial charge is 0.247 e. The maximum absolute atomic E-state index is 13.2. The zero-order valence-electron chi connectivity index (χ0n) is 12.7. The molecule has 0 aliphatic heterocycles. The van der Waals surface area contributed by atoms with Crippen LogP contribution in [0, 0.1) is 11.3 Å². The average molecular weight is 340 g/mol. The van der Waals surface area contributed by atoms with Crippen LogP contribution in [0.2, 0.25) is 0 Å². The summed E-state index contributed by atoms with van der Waals surface area (Å²) >= 11 is 0. The van der Waals surface area contributed by atoms with Crippen LogP contribution in [0.3, 0.4) is 0 Å². The Kier molecular flexibility index (Phi) is 4.35. The van der Waals surface area contributed by atoms with Crippen LogP contribution in [0.15, 0.2) is 48.5 Å². The Morgan fingerprint density at radius 1 is 1.00 bits per heavy atom. The van der Waals surface area contributed by atoms with E-state index in [9.17, 15) is 13.2 Å². The average Bonchev–Trinajstić information content (AvgIpc) is 3.08. The molecule has 3 rings (SSSR count). The van der Waals surface area contributed by atoms with Crippen molar-refractivity contribution in [1.29, 1.82) is 5.26 Å². The quantitative estimate of drug-likeness (QED) is 0.712. The van der Waals surface area contributed by atoms with E-state index in [1.807, 2.05) is 36.4 Å². The molecule has 0 saturated heterocycles. The molecule has 0 amide bonds. The number of alkyl halides is 3. The summed E-state index contributed by atoms with van der Waals surface area (Å²) in [5, 5.41) is 18.6. The van der Waals surface area contributed by atoms with Gasteiger partial charge in [-0.15, -0.1) is 5.10 Å². The number of benzene rings is 2. The van der Waals surface area contributed by atoms with E-state index in [0.717, 1.165) is 17.7 Å². The second kappa shape index (κ2) is 6.61. The number of hydrogen-bond donors (Lipinski definition) is 1. The Bertz CT molecular complexity index is 950. The molecule has 1 N–H and O–H groups in total. The van der Waals surface area contributed by atoms with E-state index >= 15 is 0 Å². The number of aromatic amines is 1. The molecule has 0 bridgehead atoms. The number of nitriles is 1. The molecule has 0 unspecified atom stereocenters. The number of hydrogen-bond acceptors (Lipinski definition) is 3. The molecule has 1 aromatic heterocycles. The second-order valence-electron chi connectivity index (χ2n) is 5.23. The van der Waals surface area contributed by atoms with E-state index in [2.05, 4.69) is 15.4 Å². The third-order valence-electron chi connectivity index (χ3n) is 3.48. The molecule has 124 valence electrons. The Labute approximate surface area is 141 Å². The van der Waals surface area contributed by atoms with Gasteiger partial charge in [0.25, 0.3) is 0 Å². The lowest BCUT2D eigenvalue weighted by molar-refractivity contribution is -0.137. The summed E-state index contributed by atoms with van der Waals surface area (Å²) in [5.41, 5.74) is 0.666. The molecule has 0 saturated carbocycles. The minimum absolute atomic E-state index is 0.0114. The van der Waals surface area contributed by atoms with Gasteiger partial charge >= 0.3 is 6.18 Å². The highest BCUT2D eigenvalue weighted by atomic mass is 19.4. The topological polar surface area (TPSA) is 65.4 Å². The normalized spacial score (nSPS) is 11.6. The van der Waals surface area contributed by atoms with Gasteiger partial charge < -0.3 is 0 Å². The number of aromatic nitrogens is 3. The number of nitrogens with zero attached hydrogens (tertiary/aromatic N) is 3. The first kappa shape index (κ1) is 16.5.